The van der Waals surface area contributed by atoms with Gasteiger partial charge in [0.2, 0.25) is 0 Å². The number of carbonyl (C=O) groups excluding carboxylic acids is 1. The second kappa shape index (κ2) is 8.45. The Morgan fingerprint density at radius 3 is 2.67 bits per heavy atom. The van der Waals surface area contributed by atoms with Gasteiger partial charge in [0.15, 0.2) is 0 Å². The van der Waals surface area contributed by atoms with Crippen LogP contribution in [0.4, 0.5) is 0 Å². The normalized spacial score (nSPS) is 20.4. The van der Waals surface area contributed by atoms with Crippen molar-refractivity contribution in [2.24, 2.45) is 0 Å². The lowest BCUT2D eigenvalue weighted by atomic mass is 9.98. The van der Waals surface area contributed by atoms with Gasteiger partial charge in [-0.15, -0.1) is 0 Å². The highest BCUT2D eigenvalue weighted by molar-refractivity contribution is 5.75. The summed E-state index contributed by atoms with van der Waals surface area (Å²) >= 11 is 0. The topological polar surface area (TPSA) is 67.8 Å². The second-order valence-electron chi connectivity index (χ2n) is 4.90. The Balaban J connectivity index is 2.09. The van der Waals surface area contributed by atoms with Gasteiger partial charge in [-0.1, -0.05) is 19.3 Å². The fourth-order valence-corrected chi connectivity index (χ4v) is 2.11. The molecular weight excluding hydrogens is 234 g/mol. The summed E-state index contributed by atoms with van der Waals surface area (Å²) in [6.07, 6.45) is 5.64. The molecular formula is C13H25NO4. The largest absolute Gasteiger partial charge is 0.468 e. The zero-order valence-corrected chi connectivity index (χ0v) is 11.4. The van der Waals surface area contributed by atoms with Crippen molar-refractivity contribution in [2.45, 2.75) is 57.3 Å². The summed E-state index contributed by atoms with van der Waals surface area (Å²) in [5, 5.41) is 12.7. The van der Waals surface area contributed by atoms with Crippen LogP contribution in [0.15, 0.2) is 0 Å². The molecule has 5 heteroatoms. The quantitative estimate of drug-likeness (QED) is 0.663. The molecule has 1 aliphatic rings. The number of hydrogen-bond acceptors (Lipinski definition) is 5. The number of nitrogens with one attached hydrogen (secondary N) is 1. The van der Waals surface area contributed by atoms with Gasteiger partial charge in [-0.25, -0.2) is 0 Å². The van der Waals surface area contributed by atoms with E-state index in [2.05, 4.69) is 10.1 Å². The van der Waals surface area contributed by atoms with Crippen LogP contribution in [0.3, 0.4) is 0 Å². The second-order valence-corrected chi connectivity index (χ2v) is 4.90. The van der Waals surface area contributed by atoms with Crippen LogP contribution in [0.25, 0.3) is 0 Å². The number of aliphatic hydroxyl groups is 1. The Hall–Kier alpha value is -0.650. The van der Waals surface area contributed by atoms with Gasteiger partial charge in [0, 0.05) is 6.54 Å². The molecule has 0 amide bonds. The van der Waals surface area contributed by atoms with Gasteiger partial charge in [0.1, 0.15) is 6.04 Å². The van der Waals surface area contributed by atoms with Crippen LogP contribution in [0, 0.1) is 0 Å². The summed E-state index contributed by atoms with van der Waals surface area (Å²) in [5.41, 5.74) is 0. The highest BCUT2D eigenvalue weighted by atomic mass is 16.5. The van der Waals surface area contributed by atoms with E-state index in [0.29, 0.717) is 19.3 Å². The standard InChI is InChI=1S/C13H25NO4/c1-10(13(16)17-2)14-8-11(15)9-18-12-6-4-3-5-7-12/h10-12,14-15H,3-9H2,1-2H3. The number of rotatable bonds is 7. The molecule has 0 aromatic carbocycles. The van der Waals surface area contributed by atoms with Crippen LogP contribution in [-0.4, -0.2) is 49.6 Å². The van der Waals surface area contributed by atoms with Crippen LogP contribution < -0.4 is 5.32 Å². The molecule has 0 spiro atoms. The Kier molecular flexibility index (Phi) is 7.23. The predicted octanol–water partition coefficient (Wildman–Crippen LogP) is 0.848. The van der Waals surface area contributed by atoms with E-state index >= 15 is 0 Å². The molecule has 0 saturated heterocycles. The minimum atomic E-state index is -0.584. The molecule has 0 aromatic heterocycles. The first-order chi connectivity index (χ1) is 8.63. The molecule has 2 N–H and O–H groups in total. The monoisotopic (exact) mass is 259 g/mol. The average Bonchev–Trinajstić information content (AvgIpc) is 2.42. The van der Waals surface area contributed by atoms with E-state index in [4.69, 9.17) is 4.74 Å². The van der Waals surface area contributed by atoms with E-state index in [9.17, 15) is 9.90 Å². The summed E-state index contributed by atoms with van der Waals surface area (Å²) in [6.45, 7) is 2.37. The van der Waals surface area contributed by atoms with Gasteiger partial charge in [0.05, 0.1) is 25.9 Å². The molecule has 1 saturated carbocycles. The molecule has 0 bridgehead atoms. The fraction of sp³-hybridized carbons (Fsp3) is 0.923. The van der Waals surface area contributed by atoms with Gasteiger partial charge in [-0.2, -0.15) is 0 Å². The van der Waals surface area contributed by atoms with E-state index in [1.54, 1.807) is 6.92 Å². The van der Waals surface area contributed by atoms with Crippen molar-refractivity contribution in [3.8, 4) is 0 Å². The fourth-order valence-electron chi connectivity index (χ4n) is 2.11. The molecule has 0 radical (unpaired) electrons. The first-order valence-corrected chi connectivity index (χ1v) is 6.74. The van der Waals surface area contributed by atoms with E-state index in [1.165, 1.54) is 26.4 Å². The summed E-state index contributed by atoms with van der Waals surface area (Å²) in [5.74, 6) is -0.324. The van der Waals surface area contributed by atoms with Crippen molar-refractivity contribution in [1.29, 1.82) is 0 Å². The van der Waals surface area contributed by atoms with Crippen molar-refractivity contribution in [1.82, 2.24) is 5.32 Å². The lowest BCUT2D eigenvalue weighted by molar-refractivity contribution is -0.142. The number of methoxy groups -OCH3 is 1. The molecule has 1 rings (SSSR count). The number of hydrogen-bond donors (Lipinski definition) is 2. The molecule has 18 heavy (non-hydrogen) atoms. The zero-order chi connectivity index (χ0) is 13.4. The Morgan fingerprint density at radius 1 is 1.39 bits per heavy atom. The van der Waals surface area contributed by atoms with Crippen LogP contribution in [0.2, 0.25) is 0 Å². The van der Waals surface area contributed by atoms with Crippen molar-refractivity contribution < 1.29 is 19.4 Å². The highest BCUT2D eigenvalue weighted by Crippen LogP contribution is 2.20. The van der Waals surface area contributed by atoms with Crippen LogP contribution in [0.1, 0.15) is 39.0 Å². The third-order valence-corrected chi connectivity index (χ3v) is 3.29. The Labute approximate surface area is 109 Å². The van der Waals surface area contributed by atoms with E-state index in [-0.39, 0.29) is 5.97 Å². The zero-order valence-electron chi connectivity index (χ0n) is 11.4. The van der Waals surface area contributed by atoms with Crippen LogP contribution in [-0.2, 0) is 14.3 Å². The maximum absolute atomic E-state index is 11.1. The Bertz CT molecular complexity index is 241. The maximum atomic E-state index is 11.1. The average molecular weight is 259 g/mol. The lowest BCUT2D eigenvalue weighted by Gasteiger charge is -2.23. The summed E-state index contributed by atoms with van der Waals surface area (Å²) in [6, 6.07) is -0.403. The van der Waals surface area contributed by atoms with Gasteiger partial charge in [-0.05, 0) is 19.8 Å². The maximum Gasteiger partial charge on any atom is 0.322 e. The molecule has 1 aliphatic carbocycles. The molecule has 106 valence electrons. The summed E-state index contributed by atoms with van der Waals surface area (Å²) in [4.78, 5) is 11.1. The number of aliphatic hydroxyl groups excluding tert-OH is 1. The molecule has 2 unspecified atom stereocenters. The van der Waals surface area contributed by atoms with Crippen molar-refractivity contribution in [2.75, 3.05) is 20.3 Å². The number of esters is 1. The first-order valence-electron chi connectivity index (χ1n) is 6.74. The van der Waals surface area contributed by atoms with Crippen molar-refractivity contribution in [3.63, 3.8) is 0 Å². The van der Waals surface area contributed by atoms with E-state index in [1.807, 2.05) is 0 Å². The van der Waals surface area contributed by atoms with E-state index < -0.39 is 12.1 Å². The van der Waals surface area contributed by atoms with Crippen molar-refractivity contribution in [3.05, 3.63) is 0 Å². The van der Waals surface area contributed by atoms with Gasteiger partial charge in [0.25, 0.3) is 0 Å². The lowest BCUT2D eigenvalue weighted by Crippen LogP contribution is -2.41. The summed E-state index contributed by atoms with van der Waals surface area (Å²) in [7, 11) is 1.35. The van der Waals surface area contributed by atoms with E-state index in [0.717, 1.165) is 12.8 Å². The van der Waals surface area contributed by atoms with Crippen LogP contribution in [0.5, 0.6) is 0 Å². The highest BCUT2D eigenvalue weighted by Gasteiger charge is 2.17. The third kappa shape index (κ3) is 5.80. The predicted molar refractivity (Wildman–Crippen MR) is 68.3 cm³/mol. The Morgan fingerprint density at radius 2 is 2.06 bits per heavy atom. The first kappa shape index (κ1) is 15.4. The molecule has 2 atom stereocenters. The molecule has 0 aliphatic heterocycles. The third-order valence-electron chi connectivity index (χ3n) is 3.29. The van der Waals surface area contributed by atoms with Crippen LogP contribution >= 0.6 is 0 Å². The minimum Gasteiger partial charge on any atom is -0.468 e. The van der Waals surface area contributed by atoms with Gasteiger partial charge >= 0.3 is 5.97 Å². The SMILES string of the molecule is COC(=O)C(C)NCC(O)COC1CCCCC1. The molecule has 0 aromatic rings. The van der Waals surface area contributed by atoms with Gasteiger partial charge < -0.3 is 19.9 Å². The smallest absolute Gasteiger partial charge is 0.322 e. The molecule has 0 heterocycles. The number of carbonyl (C=O) groups is 1. The van der Waals surface area contributed by atoms with Crippen molar-refractivity contribution >= 4 is 5.97 Å². The number of ether oxygens (including phenoxy) is 2. The summed E-state index contributed by atoms with van der Waals surface area (Å²) < 4.78 is 10.2. The molecule has 5 nitrogen and oxygen atoms in total. The van der Waals surface area contributed by atoms with Gasteiger partial charge in [-0.3, -0.25) is 4.79 Å². The molecule has 1 fully saturated rings. The minimum absolute atomic E-state index is 0.298.